The molecule has 0 saturated heterocycles. The molecule has 0 atom stereocenters. The van der Waals surface area contributed by atoms with Gasteiger partial charge in [0.1, 0.15) is 104 Å². The van der Waals surface area contributed by atoms with Crippen molar-refractivity contribution in [1.29, 1.82) is 0 Å². The summed E-state index contributed by atoms with van der Waals surface area (Å²) in [6.07, 6.45) is -40.4. The number of aryl methyl sites for hydroxylation is 1. The lowest BCUT2D eigenvalue weighted by Crippen LogP contribution is -2.39. The Bertz CT molecular complexity index is 6820. The van der Waals surface area contributed by atoms with E-state index in [4.69, 9.17) is 40.0 Å². The van der Waals surface area contributed by atoms with Crippen LogP contribution in [0, 0.1) is 5.82 Å². The molecule has 6 aromatic carbocycles. The number of anilines is 6. The third-order valence-electron chi connectivity index (χ3n) is 21.4. The van der Waals surface area contributed by atoms with Crippen LogP contribution in [0.2, 0.25) is 5.02 Å². The molecule has 18 rings (SSSR count). The third-order valence-corrected chi connectivity index (χ3v) is 21.8. The van der Waals surface area contributed by atoms with Crippen LogP contribution in [0.4, 0.5) is 153 Å². The van der Waals surface area contributed by atoms with Crippen molar-refractivity contribution in [2.45, 2.75) is 62.8 Å². The zero-order valence-corrected chi connectivity index (χ0v) is 70.0. The second kappa shape index (κ2) is 37.1. The van der Waals surface area contributed by atoms with Crippen LogP contribution in [0.1, 0.15) is 46.7 Å². The number of hydrogen-bond donors (Lipinski definition) is 5. The van der Waals surface area contributed by atoms with Gasteiger partial charge in [0.25, 0.3) is 23.1 Å². The van der Waals surface area contributed by atoms with E-state index in [1.165, 1.54) is 60.1 Å². The Balaban J connectivity index is 0.000000137. The number of aromatic nitrogens is 6. The molecule has 12 aromatic rings. The van der Waals surface area contributed by atoms with Crippen LogP contribution >= 0.6 is 11.6 Å². The van der Waals surface area contributed by atoms with Gasteiger partial charge in [0, 0.05) is 126 Å². The van der Waals surface area contributed by atoms with E-state index >= 15 is 0 Å². The largest absolute Gasteiger partial charge is 0.489 e. The molecule has 0 radical (unpaired) electrons. The van der Waals surface area contributed by atoms with Gasteiger partial charge < -0.3 is 87.3 Å². The molecular weight excluding hydrogens is 1910 g/mol. The Hall–Kier alpha value is -13.4. The molecule has 24 nitrogen and oxygen atoms in total. The summed E-state index contributed by atoms with van der Waals surface area (Å²) in [4.78, 5) is 88.7. The van der Waals surface area contributed by atoms with Crippen molar-refractivity contribution in [3.8, 4) is 34.5 Å². The van der Waals surface area contributed by atoms with Crippen LogP contribution < -0.4 is 91.2 Å². The average molecular weight is 1970 g/mol. The molecule has 0 fully saturated rings. The fourth-order valence-corrected chi connectivity index (χ4v) is 15.7. The van der Waals surface area contributed by atoms with Gasteiger partial charge in [0.2, 0.25) is 22.5 Å². The van der Waals surface area contributed by atoms with Gasteiger partial charge in [0.05, 0.1) is 129 Å². The predicted octanol–water partition coefficient (Wildman–Crippen LogP) is 18.2. The lowest BCUT2D eigenvalue weighted by molar-refractivity contribution is -0.139. The molecule has 135 heavy (non-hydrogen) atoms. The van der Waals surface area contributed by atoms with Gasteiger partial charge >= 0.3 is 49.4 Å². The number of nitrogens with zero attached hydrogens (tertiary/aromatic N) is 7. The number of likely N-dealkylation sites (N-methyl/N-ethyl adjacent to an activating group) is 3. The van der Waals surface area contributed by atoms with Crippen molar-refractivity contribution >= 4 is 111 Å². The molecule has 6 aromatic heterocycles. The number of rotatable bonds is 5. The van der Waals surface area contributed by atoms with Crippen molar-refractivity contribution in [2.24, 2.45) is 7.05 Å². The van der Waals surface area contributed by atoms with Crippen LogP contribution in [0.5, 0.6) is 34.5 Å². The smallest absolute Gasteiger partial charge is 0.420 e. The topological polar surface area (TPSA) is 261 Å². The minimum atomic E-state index is -5.20. The first kappa shape index (κ1) is 99.1. The normalized spacial score (nSPS) is 15.1. The van der Waals surface area contributed by atoms with Gasteiger partial charge in [-0.3, -0.25) is 28.8 Å². The van der Waals surface area contributed by atoms with E-state index in [-0.39, 0.29) is 128 Å². The number of benzene rings is 6. The Morgan fingerprint density at radius 3 is 1.02 bits per heavy atom. The summed E-state index contributed by atoms with van der Waals surface area (Å²) < 4.78 is 385. The quantitative estimate of drug-likeness (QED) is 0.100. The molecule has 0 saturated carbocycles. The van der Waals surface area contributed by atoms with Gasteiger partial charge in [-0.1, -0.05) is 11.6 Å². The number of ether oxygens (including phenoxy) is 6. The van der Waals surface area contributed by atoms with E-state index in [0.29, 0.717) is 98.5 Å². The Morgan fingerprint density at radius 1 is 0.341 bits per heavy atom. The second-order valence-electron chi connectivity index (χ2n) is 30.5. The maximum atomic E-state index is 13.7. The van der Waals surface area contributed by atoms with Crippen LogP contribution in [0.3, 0.4) is 0 Å². The fraction of sp³-hybridized carbons (Fsp3) is 0.349. The zero-order valence-electron chi connectivity index (χ0n) is 69.2. The van der Waals surface area contributed by atoms with Crippen molar-refractivity contribution in [1.82, 2.24) is 29.5 Å². The molecule has 0 amide bonds. The minimum Gasteiger partial charge on any atom is -0.489 e. The minimum absolute atomic E-state index is 0.000648. The number of pyridine rings is 6. The van der Waals surface area contributed by atoms with Crippen LogP contribution in [0.15, 0.2) is 126 Å². The van der Waals surface area contributed by atoms with E-state index in [2.05, 4.69) is 19.9 Å². The second-order valence-corrected chi connectivity index (χ2v) is 30.9. The van der Waals surface area contributed by atoms with E-state index in [9.17, 15) is 147 Å². The lowest BCUT2D eigenvalue weighted by atomic mass is 10.1. The van der Waals surface area contributed by atoms with E-state index in [0.717, 1.165) is 45.0 Å². The predicted molar refractivity (Wildman–Crippen MR) is 439 cm³/mol. The van der Waals surface area contributed by atoms with Crippen molar-refractivity contribution in [3.05, 3.63) is 203 Å². The summed E-state index contributed by atoms with van der Waals surface area (Å²) in [5.41, 5.74) is -10.8. The molecule has 0 unspecified atom stereocenters. The first-order valence-corrected chi connectivity index (χ1v) is 39.7. The van der Waals surface area contributed by atoms with E-state index in [1.807, 2.05) is 26.6 Å². The molecule has 6 aliphatic rings. The third kappa shape index (κ3) is 22.0. The zero-order chi connectivity index (χ0) is 99.0. The highest BCUT2D eigenvalue weighted by Gasteiger charge is 2.44. The summed E-state index contributed by atoms with van der Waals surface area (Å²) in [7, 11) is 5.03. The first-order chi connectivity index (χ1) is 62.7. The molecule has 5 N–H and O–H groups in total. The van der Waals surface area contributed by atoms with Gasteiger partial charge in [-0.05, 0) is 43.3 Å². The monoisotopic (exact) mass is 1970 g/mol. The molecule has 0 aliphatic carbocycles. The van der Waals surface area contributed by atoms with Gasteiger partial charge in [-0.25, -0.2) is 13.2 Å². The van der Waals surface area contributed by atoms with Gasteiger partial charge in [-0.2, -0.15) is 105 Å². The number of H-pyrrole nitrogens is 5. The number of alkyl halides is 26. The molecule has 726 valence electrons. The van der Waals surface area contributed by atoms with Gasteiger partial charge in [-0.15, -0.1) is 0 Å². The van der Waals surface area contributed by atoms with Crippen LogP contribution in [0.25, 0.3) is 65.4 Å². The van der Waals surface area contributed by atoms with E-state index < -0.39 is 164 Å². The van der Waals surface area contributed by atoms with E-state index in [1.54, 1.807) is 14.1 Å². The molecule has 0 bridgehead atoms. The van der Waals surface area contributed by atoms with Crippen LogP contribution in [-0.2, 0) is 37.9 Å². The standard InChI is InChI=1S/C14H9ClF6N2O2.C14H9F7N2O2.C14H11F5N2O2.2C14H13F3N2O2.C13H11F3N2O2/c2*15-11-10(14(19,20)21)6-3-8-9(4-7(6)22-12(11)24)25-2-1-23(8)5-13(16,17)18;15-13(16)8-4-12(22)20-9-5-11-10(3-7(8)9)21(1-2-23-11)6-14(17,18)19;1-18-3-4-21-12-7-10-8(5-11(12)18)9(14(15,16)17)6-13(20)19(10)2;1-2-19-3-4-21-12-7-10-8(5-11(12)19)9(14(15,16)17)6-13(20)18-10;1-18-2-3-20-11-6-9-7(4-10(11)18)8(13(14,15)16)5-12(19)17-9/h2*3-4H,1-2,5H2,(H,22,24);3-5,13H,1-2,6H2,(H,20,22);5-7H,3-4H2,1-2H3;5-7H,2-4H2,1H3,(H,18,20);4-6H,2-3H2,1H3,(H,17,19). The molecule has 0 spiro atoms. The Kier molecular flexibility index (Phi) is 27.2. The van der Waals surface area contributed by atoms with Crippen molar-refractivity contribution < 1.29 is 147 Å². The van der Waals surface area contributed by atoms with Crippen molar-refractivity contribution in [2.75, 3.05) is 149 Å². The summed E-state index contributed by atoms with van der Waals surface area (Å²) >= 11 is 5.49. The van der Waals surface area contributed by atoms with Crippen molar-refractivity contribution in [3.63, 3.8) is 0 Å². The summed E-state index contributed by atoms with van der Waals surface area (Å²) in [5.74, 6) is -0.640. The molecule has 52 heteroatoms. The first-order valence-electron chi connectivity index (χ1n) is 39.4. The number of halogens is 28. The lowest BCUT2D eigenvalue weighted by Gasteiger charge is -2.32. The highest BCUT2D eigenvalue weighted by atomic mass is 35.5. The Morgan fingerprint density at radius 2 is 0.644 bits per heavy atom. The average Bonchev–Trinajstić information content (AvgIpc) is 0.741. The van der Waals surface area contributed by atoms with Crippen LogP contribution in [-0.4, -0.2) is 167 Å². The number of fused-ring (bicyclic) bond motifs is 12. The number of hydrogen-bond acceptors (Lipinski definition) is 18. The maximum absolute atomic E-state index is 13.7. The summed E-state index contributed by atoms with van der Waals surface area (Å²) in [6.45, 7) is 1.36. The van der Waals surface area contributed by atoms with Gasteiger partial charge in [0.15, 0.2) is 0 Å². The highest BCUT2D eigenvalue weighted by Crippen LogP contribution is 2.49. The SMILES string of the molecule is CCN1CCOc2cc3[nH]c(=O)cc(C(F)(F)F)c3cc21.CN1CCOc2cc3[nH]c(=O)cc(C(F)(F)F)c3cc21.CN1CCOc2cc3c(cc21)c(C(F)(F)F)cc(=O)n3C.O=c1[nH]c2cc3c(cc2c(C(F)(F)F)c1Cl)N(CC(F)(F)F)CCO3.O=c1[nH]c2cc3c(cc2c(C(F)(F)F)c1F)N(CC(F)(F)F)CCO3.O=c1cc(C(F)F)c2cc3c(cc2[nH]1)OCCN3CC(F)(F)F. The number of nitrogens with one attached hydrogen (secondary N) is 5. The summed E-state index contributed by atoms with van der Waals surface area (Å²) in [5, 5.41) is -2.39. The Labute approximate surface area is 741 Å². The summed E-state index contributed by atoms with van der Waals surface area (Å²) in [6, 6.07) is 17.4. The molecular formula is C83H66ClF27N12O12. The molecule has 12 heterocycles. The molecule has 6 aliphatic heterocycles. The number of aromatic amines is 5. The fourth-order valence-electron chi connectivity index (χ4n) is 15.4. The highest BCUT2D eigenvalue weighted by molar-refractivity contribution is 6.32. The maximum Gasteiger partial charge on any atom is 0.420 e.